The number of rotatable bonds is 6. The van der Waals surface area contributed by atoms with Crippen LogP contribution in [-0.2, 0) is 30.7 Å². The summed E-state index contributed by atoms with van der Waals surface area (Å²) in [6.07, 6.45) is 1.34. The van der Waals surface area contributed by atoms with Crippen LogP contribution in [0.1, 0.15) is 0 Å². The molecule has 0 spiro atoms. The van der Waals surface area contributed by atoms with E-state index in [9.17, 15) is 26.8 Å². The van der Waals surface area contributed by atoms with Crippen LogP contribution in [-0.4, -0.2) is 61.8 Å². The van der Waals surface area contributed by atoms with Crippen LogP contribution in [0, 0.1) is 11.6 Å². The molecule has 33 heavy (non-hydrogen) atoms. The molecule has 3 aromatic rings. The maximum absolute atomic E-state index is 13.8. The molecule has 8 nitrogen and oxygen atoms in total. The third kappa shape index (κ3) is 5.04. The molecule has 0 atom stereocenters. The number of aromatic nitrogens is 1. The van der Waals surface area contributed by atoms with Crippen molar-refractivity contribution < 1.29 is 31.5 Å². The Morgan fingerprint density at radius 1 is 1.06 bits per heavy atom. The Balaban J connectivity index is 1.57. The molecule has 0 bridgehead atoms. The van der Waals surface area contributed by atoms with Crippen LogP contribution >= 0.6 is 0 Å². The third-order valence-corrected chi connectivity index (χ3v) is 6.92. The molecule has 4 rings (SSSR count). The fraction of sp³-hybridized carbons (Fsp3) is 0.273. The number of fused-ring (bicyclic) bond motifs is 1. The zero-order chi connectivity index (χ0) is 23.6. The van der Waals surface area contributed by atoms with E-state index in [0.29, 0.717) is 43.3 Å². The average Bonchev–Trinajstić information content (AvgIpc) is 3.15. The first-order valence-electron chi connectivity index (χ1n) is 10.2. The van der Waals surface area contributed by atoms with E-state index < -0.39 is 33.1 Å². The molecule has 174 valence electrons. The van der Waals surface area contributed by atoms with Crippen LogP contribution in [0.25, 0.3) is 10.9 Å². The van der Waals surface area contributed by atoms with Gasteiger partial charge in [-0.3, -0.25) is 9.59 Å². The lowest BCUT2D eigenvalue weighted by molar-refractivity contribution is -0.135. The smallest absolute Gasteiger partial charge is 0.242 e. The van der Waals surface area contributed by atoms with E-state index in [-0.39, 0.29) is 23.0 Å². The highest BCUT2D eigenvalue weighted by atomic mass is 32.2. The van der Waals surface area contributed by atoms with Crippen molar-refractivity contribution in [2.45, 2.75) is 11.4 Å². The van der Waals surface area contributed by atoms with Gasteiger partial charge < -0.3 is 19.5 Å². The number of halogens is 2. The second-order valence-electron chi connectivity index (χ2n) is 7.56. The first-order valence-corrected chi connectivity index (χ1v) is 11.8. The van der Waals surface area contributed by atoms with Gasteiger partial charge in [0.2, 0.25) is 11.8 Å². The first kappa shape index (κ1) is 22.9. The van der Waals surface area contributed by atoms with Crippen LogP contribution in [0.5, 0.6) is 0 Å². The Hall–Kier alpha value is -3.31. The van der Waals surface area contributed by atoms with Crippen molar-refractivity contribution in [3.8, 4) is 0 Å². The van der Waals surface area contributed by atoms with E-state index >= 15 is 0 Å². The molecular weight excluding hydrogens is 456 g/mol. The molecule has 0 aliphatic carbocycles. The summed E-state index contributed by atoms with van der Waals surface area (Å²) in [7, 11) is -4.14. The molecule has 1 saturated heterocycles. The minimum atomic E-state index is -4.14. The quantitative estimate of drug-likeness (QED) is 0.587. The number of carbonyl (C=O) groups excluding carboxylic acids is 2. The van der Waals surface area contributed by atoms with Crippen molar-refractivity contribution in [3.05, 3.63) is 60.3 Å². The highest BCUT2D eigenvalue weighted by Crippen LogP contribution is 2.27. The summed E-state index contributed by atoms with van der Waals surface area (Å²) in [5, 5.41) is 2.52. The van der Waals surface area contributed by atoms with Gasteiger partial charge in [0.1, 0.15) is 23.9 Å². The third-order valence-electron chi connectivity index (χ3n) is 5.28. The molecule has 1 aliphatic rings. The summed E-state index contributed by atoms with van der Waals surface area (Å²) < 4.78 is 59.7. The van der Waals surface area contributed by atoms with Gasteiger partial charge in [-0.25, -0.2) is 17.2 Å². The van der Waals surface area contributed by atoms with Gasteiger partial charge in [0.25, 0.3) is 0 Å². The molecule has 2 aromatic carbocycles. The van der Waals surface area contributed by atoms with Gasteiger partial charge in [0.05, 0.1) is 23.8 Å². The Morgan fingerprint density at radius 2 is 1.79 bits per heavy atom. The average molecular weight is 477 g/mol. The van der Waals surface area contributed by atoms with Crippen LogP contribution in [0.15, 0.2) is 53.6 Å². The maximum Gasteiger partial charge on any atom is 0.242 e. The van der Waals surface area contributed by atoms with E-state index in [0.717, 1.165) is 12.1 Å². The van der Waals surface area contributed by atoms with Gasteiger partial charge in [0, 0.05) is 36.3 Å². The van der Waals surface area contributed by atoms with Gasteiger partial charge in [-0.2, -0.15) is 0 Å². The van der Waals surface area contributed by atoms with E-state index in [1.807, 2.05) is 0 Å². The van der Waals surface area contributed by atoms with Crippen LogP contribution in [0.3, 0.4) is 0 Å². The molecule has 1 N–H and O–H groups in total. The van der Waals surface area contributed by atoms with Gasteiger partial charge in [0.15, 0.2) is 9.84 Å². The Kier molecular flexibility index (Phi) is 6.43. The van der Waals surface area contributed by atoms with Crippen LogP contribution in [0.2, 0.25) is 0 Å². The highest BCUT2D eigenvalue weighted by molar-refractivity contribution is 7.92. The summed E-state index contributed by atoms with van der Waals surface area (Å²) in [5.74, 6) is -3.93. The van der Waals surface area contributed by atoms with Crippen molar-refractivity contribution in [2.75, 3.05) is 37.4 Å². The van der Waals surface area contributed by atoms with Crippen molar-refractivity contribution in [3.63, 3.8) is 0 Å². The minimum absolute atomic E-state index is 0.0664. The number of nitrogens with zero attached hydrogens (tertiary/aromatic N) is 2. The fourth-order valence-electron chi connectivity index (χ4n) is 3.68. The van der Waals surface area contributed by atoms with Crippen LogP contribution < -0.4 is 5.32 Å². The number of hydrogen-bond acceptors (Lipinski definition) is 5. The predicted molar refractivity (Wildman–Crippen MR) is 116 cm³/mol. The molecule has 1 fully saturated rings. The van der Waals surface area contributed by atoms with Gasteiger partial charge >= 0.3 is 0 Å². The number of amides is 2. The Morgan fingerprint density at radius 3 is 2.52 bits per heavy atom. The highest BCUT2D eigenvalue weighted by Gasteiger charge is 2.26. The van der Waals surface area contributed by atoms with Crippen molar-refractivity contribution >= 4 is 38.2 Å². The summed E-state index contributed by atoms with van der Waals surface area (Å²) in [5.41, 5.74) is 0.206. The summed E-state index contributed by atoms with van der Waals surface area (Å²) in [6.45, 7) is 1.75. The van der Waals surface area contributed by atoms with E-state index in [4.69, 9.17) is 4.74 Å². The largest absolute Gasteiger partial charge is 0.378 e. The molecule has 0 unspecified atom stereocenters. The summed E-state index contributed by atoms with van der Waals surface area (Å²) in [6, 6.07) is 9.21. The first-order chi connectivity index (χ1) is 15.7. The van der Waals surface area contributed by atoms with Gasteiger partial charge in [-0.15, -0.1) is 0 Å². The van der Waals surface area contributed by atoms with Gasteiger partial charge in [-0.05, 0) is 18.2 Å². The molecule has 0 saturated carbocycles. The van der Waals surface area contributed by atoms with E-state index in [2.05, 4.69) is 5.32 Å². The normalized spacial score (nSPS) is 14.4. The summed E-state index contributed by atoms with van der Waals surface area (Å²) >= 11 is 0. The van der Waals surface area contributed by atoms with Crippen LogP contribution in [0.4, 0.5) is 14.5 Å². The van der Waals surface area contributed by atoms with E-state index in [1.165, 1.54) is 10.8 Å². The lowest BCUT2D eigenvalue weighted by Crippen LogP contribution is -2.42. The minimum Gasteiger partial charge on any atom is -0.378 e. The molecule has 0 radical (unpaired) electrons. The lowest BCUT2D eigenvalue weighted by Gasteiger charge is -2.27. The number of benzene rings is 2. The fourth-order valence-corrected chi connectivity index (χ4v) is 5.05. The molecule has 2 amide bonds. The molecule has 2 heterocycles. The number of sulfone groups is 1. The Bertz CT molecular complexity index is 1320. The number of carbonyl (C=O) groups is 2. The second kappa shape index (κ2) is 9.28. The SMILES string of the molecule is O=C(CS(=O)(=O)c1cn(CC(=O)N2CCOCC2)c2ccccc12)Nc1ccc(F)cc1F. The van der Waals surface area contributed by atoms with Crippen molar-refractivity contribution in [1.82, 2.24) is 9.47 Å². The number of anilines is 1. The zero-order valence-electron chi connectivity index (χ0n) is 17.5. The molecule has 11 heteroatoms. The number of ether oxygens (including phenoxy) is 1. The maximum atomic E-state index is 13.8. The zero-order valence-corrected chi connectivity index (χ0v) is 18.3. The number of hydrogen-bond donors (Lipinski definition) is 1. The van der Waals surface area contributed by atoms with Gasteiger partial charge in [-0.1, -0.05) is 18.2 Å². The Labute approximate surface area is 188 Å². The topological polar surface area (TPSA) is 97.7 Å². The monoisotopic (exact) mass is 477 g/mol. The number of morpholine rings is 1. The van der Waals surface area contributed by atoms with E-state index in [1.54, 1.807) is 29.2 Å². The van der Waals surface area contributed by atoms with Crippen molar-refractivity contribution in [1.29, 1.82) is 0 Å². The predicted octanol–water partition coefficient (Wildman–Crippen LogP) is 2.19. The lowest BCUT2D eigenvalue weighted by atomic mass is 10.2. The summed E-state index contributed by atoms with van der Waals surface area (Å²) in [4.78, 5) is 26.6. The second-order valence-corrected chi connectivity index (χ2v) is 9.52. The van der Waals surface area contributed by atoms with Crippen molar-refractivity contribution in [2.24, 2.45) is 0 Å². The molecular formula is C22H21F2N3O5S. The number of para-hydroxylation sites is 1. The number of nitrogens with one attached hydrogen (secondary N) is 1. The standard InChI is InChI=1S/C22H21F2N3O5S/c23-15-5-6-18(17(24)11-15)25-21(28)14-33(30,31)20-12-27(19-4-2-1-3-16(19)20)13-22(29)26-7-9-32-10-8-26/h1-6,11-12H,7-10,13-14H2,(H,25,28). The molecule has 1 aliphatic heterocycles. The molecule has 1 aromatic heterocycles.